The number of benzene rings is 2. The summed E-state index contributed by atoms with van der Waals surface area (Å²) in [7, 11) is 2.09. The summed E-state index contributed by atoms with van der Waals surface area (Å²) in [6.45, 7) is 6.66. The second kappa shape index (κ2) is 13.9. The summed E-state index contributed by atoms with van der Waals surface area (Å²) in [5.41, 5.74) is 0.280. The number of halogens is 4. The first-order valence-electron chi connectivity index (χ1n) is 12.4. The summed E-state index contributed by atoms with van der Waals surface area (Å²) in [5.74, 6) is 0.953. The number of hydrogen-bond donors (Lipinski definition) is 0. The van der Waals surface area contributed by atoms with E-state index in [4.69, 9.17) is 16.3 Å². The van der Waals surface area contributed by atoms with Crippen molar-refractivity contribution in [3.05, 3.63) is 64.7 Å². The number of carbonyl (C=O) groups excluding carboxylic acids is 1. The molecule has 2 aliphatic rings. The zero-order valence-electron chi connectivity index (χ0n) is 20.9. The minimum Gasteiger partial charge on any atom is -0.493 e. The van der Waals surface area contributed by atoms with Crippen LogP contribution < -0.4 is 4.74 Å². The first-order chi connectivity index (χ1) is 16.7. The van der Waals surface area contributed by atoms with E-state index in [0.717, 1.165) is 67.8 Å². The van der Waals surface area contributed by atoms with E-state index in [-0.39, 0.29) is 5.41 Å². The summed E-state index contributed by atoms with van der Waals surface area (Å²) >= 11 is 5.78. The summed E-state index contributed by atoms with van der Waals surface area (Å²) in [4.78, 5) is 13.2. The lowest BCUT2D eigenvalue weighted by atomic mass is 9.65. The van der Waals surface area contributed by atoms with E-state index >= 15 is 0 Å². The Morgan fingerprint density at radius 1 is 1.03 bits per heavy atom. The Labute approximate surface area is 212 Å². The molecule has 2 fully saturated rings. The van der Waals surface area contributed by atoms with Gasteiger partial charge in [0.25, 0.3) is 0 Å². The highest BCUT2D eigenvalue weighted by molar-refractivity contribution is 6.30. The van der Waals surface area contributed by atoms with Crippen LogP contribution in [0.2, 0.25) is 5.02 Å². The SMILES string of the molecule is CC.CN1CCCCC(COc2ccc(C(F)(F)F)cc2)C1.O=CC1(c2ccc(Cl)cc2)CCC1. The lowest BCUT2D eigenvalue weighted by molar-refractivity contribution is -0.137. The third kappa shape index (κ3) is 8.84. The van der Waals surface area contributed by atoms with Crippen molar-refractivity contribution in [3.63, 3.8) is 0 Å². The largest absolute Gasteiger partial charge is 0.493 e. The quantitative estimate of drug-likeness (QED) is 0.383. The van der Waals surface area contributed by atoms with Crippen LogP contribution in [0.1, 0.15) is 63.5 Å². The van der Waals surface area contributed by atoms with Crippen LogP contribution in [0.5, 0.6) is 5.75 Å². The van der Waals surface area contributed by atoms with Gasteiger partial charge >= 0.3 is 6.18 Å². The second-order valence-electron chi connectivity index (χ2n) is 9.09. The molecule has 1 atom stereocenters. The van der Waals surface area contributed by atoms with Gasteiger partial charge in [0.05, 0.1) is 17.6 Å². The van der Waals surface area contributed by atoms with Crippen molar-refractivity contribution in [2.75, 3.05) is 26.7 Å². The molecule has 2 aromatic rings. The van der Waals surface area contributed by atoms with Gasteiger partial charge in [0.15, 0.2) is 0 Å². The molecule has 0 radical (unpaired) electrons. The predicted octanol–water partition coefficient (Wildman–Crippen LogP) is 7.80. The van der Waals surface area contributed by atoms with E-state index in [0.29, 0.717) is 18.3 Å². The highest BCUT2D eigenvalue weighted by Gasteiger charge is 2.38. The first-order valence-corrected chi connectivity index (χ1v) is 12.8. The molecule has 0 spiro atoms. The molecule has 0 amide bonds. The molecule has 1 unspecified atom stereocenters. The molecule has 4 rings (SSSR count). The molecule has 1 heterocycles. The van der Waals surface area contributed by atoms with Crippen LogP contribution in [0, 0.1) is 5.92 Å². The molecule has 0 bridgehead atoms. The molecular weight excluding hydrogens is 475 g/mol. The van der Waals surface area contributed by atoms with Crippen LogP contribution in [0.25, 0.3) is 0 Å². The van der Waals surface area contributed by atoms with Crippen LogP contribution in [0.15, 0.2) is 48.5 Å². The molecule has 194 valence electrons. The monoisotopic (exact) mass is 511 g/mol. The Balaban J connectivity index is 0.000000248. The van der Waals surface area contributed by atoms with Crippen molar-refractivity contribution >= 4 is 17.9 Å². The van der Waals surface area contributed by atoms with Crippen LogP contribution >= 0.6 is 11.6 Å². The van der Waals surface area contributed by atoms with Crippen molar-refractivity contribution in [3.8, 4) is 5.75 Å². The average Bonchev–Trinajstić information content (AvgIpc) is 3.04. The highest BCUT2D eigenvalue weighted by Crippen LogP contribution is 2.42. The van der Waals surface area contributed by atoms with E-state index in [9.17, 15) is 18.0 Å². The molecule has 1 saturated carbocycles. The molecular formula is C28H37ClF3NO2. The Bertz CT molecular complexity index is 881. The average molecular weight is 512 g/mol. The van der Waals surface area contributed by atoms with Crippen LogP contribution in [0.4, 0.5) is 13.2 Å². The molecule has 1 saturated heterocycles. The zero-order chi connectivity index (χ0) is 25.9. The smallest absolute Gasteiger partial charge is 0.416 e. The maximum Gasteiger partial charge on any atom is 0.416 e. The summed E-state index contributed by atoms with van der Waals surface area (Å²) < 4.78 is 42.9. The topological polar surface area (TPSA) is 29.5 Å². The van der Waals surface area contributed by atoms with Crippen molar-refractivity contribution in [2.45, 2.75) is 64.0 Å². The third-order valence-corrected chi connectivity index (χ3v) is 6.78. The molecule has 35 heavy (non-hydrogen) atoms. The molecule has 0 aromatic heterocycles. The number of rotatable bonds is 5. The molecule has 2 aromatic carbocycles. The van der Waals surface area contributed by atoms with E-state index in [1.54, 1.807) is 0 Å². The number of alkyl halides is 3. The van der Waals surface area contributed by atoms with Gasteiger partial charge in [-0.15, -0.1) is 0 Å². The number of nitrogens with zero attached hydrogens (tertiary/aromatic N) is 1. The standard InChI is InChI=1S/C15H20F3NO.C11H11ClO.C2H6/c1-19-9-3-2-4-12(10-19)11-20-14-7-5-13(6-8-14)15(16,17)18;12-10-4-2-9(3-5-10)11(8-13)6-1-7-11;1-2/h5-8,12H,2-4,9-11H2,1H3;2-5,8H,1,6-7H2;1-2H3. The van der Waals surface area contributed by atoms with Gasteiger partial charge in [0.1, 0.15) is 12.0 Å². The molecule has 3 nitrogen and oxygen atoms in total. The van der Waals surface area contributed by atoms with E-state index in [1.807, 2.05) is 38.1 Å². The van der Waals surface area contributed by atoms with Crippen LogP contribution in [-0.4, -0.2) is 37.9 Å². The van der Waals surface area contributed by atoms with E-state index in [2.05, 4.69) is 11.9 Å². The van der Waals surface area contributed by atoms with Gasteiger partial charge in [0.2, 0.25) is 0 Å². The van der Waals surface area contributed by atoms with Crippen molar-refractivity contribution in [1.82, 2.24) is 4.90 Å². The Morgan fingerprint density at radius 2 is 1.66 bits per heavy atom. The zero-order valence-corrected chi connectivity index (χ0v) is 21.7. The van der Waals surface area contributed by atoms with Crippen LogP contribution in [0.3, 0.4) is 0 Å². The van der Waals surface area contributed by atoms with Gasteiger partial charge in [-0.05, 0) is 81.2 Å². The molecule has 1 aliphatic heterocycles. The Hall–Kier alpha value is -2.05. The third-order valence-electron chi connectivity index (χ3n) is 6.53. The van der Waals surface area contributed by atoms with E-state index < -0.39 is 11.7 Å². The number of aldehydes is 1. The van der Waals surface area contributed by atoms with E-state index in [1.165, 1.54) is 25.0 Å². The lowest BCUT2D eigenvalue weighted by Gasteiger charge is -2.37. The fourth-order valence-corrected chi connectivity index (χ4v) is 4.47. The summed E-state index contributed by atoms with van der Waals surface area (Å²) in [6, 6.07) is 12.5. The van der Waals surface area contributed by atoms with Gasteiger partial charge in [0, 0.05) is 17.5 Å². The lowest BCUT2D eigenvalue weighted by Crippen LogP contribution is -2.35. The summed E-state index contributed by atoms with van der Waals surface area (Å²) in [6.07, 6.45) is 3.42. The molecule has 7 heteroatoms. The second-order valence-corrected chi connectivity index (χ2v) is 9.53. The first kappa shape index (κ1) is 29.2. The molecule has 1 aliphatic carbocycles. The number of carbonyl (C=O) groups is 1. The van der Waals surface area contributed by atoms with Gasteiger partial charge in [-0.1, -0.05) is 50.4 Å². The van der Waals surface area contributed by atoms with Crippen molar-refractivity contribution < 1.29 is 22.7 Å². The summed E-state index contributed by atoms with van der Waals surface area (Å²) in [5, 5.41) is 0.726. The normalized spacial score (nSPS) is 19.6. The minimum atomic E-state index is -4.29. The van der Waals surface area contributed by atoms with Crippen molar-refractivity contribution in [2.24, 2.45) is 5.92 Å². The Morgan fingerprint density at radius 3 is 2.17 bits per heavy atom. The Kier molecular flexibility index (Phi) is 11.6. The van der Waals surface area contributed by atoms with Crippen LogP contribution in [-0.2, 0) is 16.4 Å². The predicted molar refractivity (Wildman–Crippen MR) is 136 cm³/mol. The van der Waals surface area contributed by atoms with Gasteiger partial charge in [-0.3, -0.25) is 0 Å². The number of likely N-dealkylation sites (tertiary alicyclic amines) is 1. The van der Waals surface area contributed by atoms with Gasteiger partial charge < -0.3 is 14.4 Å². The highest BCUT2D eigenvalue weighted by atomic mass is 35.5. The fraction of sp³-hybridized carbons (Fsp3) is 0.536. The van der Waals surface area contributed by atoms with Gasteiger partial charge in [-0.2, -0.15) is 13.2 Å². The maximum atomic E-state index is 12.4. The minimum absolute atomic E-state index is 0.190. The fourth-order valence-electron chi connectivity index (χ4n) is 4.34. The molecule has 0 N–H and O–H groups in total. The van der Waals surface area contributed by atoms with Crippen molar-refractivity contribution in [1.29, 1.82) is 0 Å². The number of ether oxygens (including phenoxy) is 1. The number of hydrogen-bond acceptors (Lipinski definition) is 3. The maximum absolute atomic E-state index is 12.4. The van der Waals surface area contributed by atoms with Gasteiger partial charge in [-0.25, -0.2) is 0 Å².